The molecule has 0 aliphatic carbocycles. The Morgan fingerprint density at radius 1 is 1.04 bits per heavy atom. The fraction of sp³-hybridized carbons (Fsp3) is 0.136. The van der Waals surface area contributed by atoms with Crippen LogP contribution < -0.4 is 5.32 Å². The van der Waals surface area contributed by atoms with E-state index in [0.29, 0.717) is 11.4 Å². The fourth-order valence-corrected chi connectivity index (χ4v) is 3.08. The van der Waals surface area contributed by atoms with Crippen molar-refractivity contribution in [2.75, 3.05) is 5.32 Å². The first-order chi connectivity index (χ1) is 13.1. The van der Waals surface area contributed by atoms with Crippen LogP contribution in [0.5, 0.6) is 0 Å². The van der Waals surface area contributed by atoms with Crippen molar-refractivity contribution in [2.24, 2.45) is 7.05 Å². The maximum absolute atomic E-state index is 12.5. The maximum atomic E-state index is 12.5. The summed E-state index contributed by atoms with van der Waals surface area (Å²) in [5.74, 6) is 0.387. The minimum atomic E-state index is -0.152. The predicted octanol–water partition coefficient (Wildman–Crippen LogP) is 4.45. The van der Waals surface area contributed by atoms with Gasteiger partial charge in [-0.05, 0) is 47.2 Å². The van der Waals surface area contributed by atoms with Gasteiger partial charge in [0.25, 0.3) is 5.91 Å². The topological polar surface area (TPSA) is 59.8 Å². The Balaban J connectivity index is 1.63. The largest absolute Gasteiger partial charge is 0.307 e. The zero-order valence-electron chi connectivity index (χ0n) is 15.3. The highest BCUT2D eigenvalue weighted by Crippen LogP contribution is 2.25. The molecule has 0 spiro atoms. The van der Waals surface area contributed by atoms with Gasteiger partial charge in [-0.25, -0.2) is 4.98 Å². The van der Waals surface area contributed by atoms with E-state index in [1.165, 1.54) is 0 Å². The van der Waals surface area contributed by atoms with Crippen LogP contribution in [-0.2, 0) is 13.5 Å². The van der Waals surface area contributed by atoms with Crippen LogP contribution in [0, 0.1) is 0 Å². The first kappa shape index (κ1) is 17.0. The van der Waals surface area contributed by atoms with E-state index in [4.69, 9.17) is 0 Å². The number of rotatable bonds is 4. The van der Waals surface area contributed by atoms with Crippen molar-refractivity contribution in [2.45, 2.75) is 13.3 Å². The van der Waals surface area contributed by atoms with Crippen molar-refractivity contribution in [3.63, 3.8) is 0 Å². The molecule has 4 aromatic rings. The number of pyridine rings is 1. The van der Waals surface area contributed by atoms with Gasteiger partial charge in [0.05, 0.1) is 6.20 Å². The van der Waals surface area contributed by atoms with Crippen LogP contribution >= 0.6 is 0 Å². The molecule has 0 fully saturated rings. The molecule has 1 amide bonds. The van der Waals surface area contributed by atoms with Crippen LogP contribution in [0.15, 0.2) is 67.1 Å². The number of aromatic nitrogens is 3. The summed E-state index contributed by atoms with van der Waals surface area (Å²) < 4.78 is 1.78. The second kappa shape index (κ2) is 7.03. The van der Waals surface area contributed by atoms with E-state index in [0.717, 1.165) is 33.9 Å². The molecule has 5 nitrogen and oxygen atoms in total. The van der Waals surface area contributed by atoms with Crippen LogP contribution in [0.2, 0.25) is 0 Å². The standard InChI is InChI=1S/C22H20N4O/c1-3-15-5-4-6-17(9-15)22(27)25-21-11-19-10-16(7-8-18(19)12-23-21)20-13-24-26(2)14-20/h4-14H,3H2,1-2H3,(H,23,25,27). The zero-order chi connectivity index (χ0) is 18.8. The predicted molar refractivity (Wildman–Crippen MR) is 108 cm³/mol. The second-order valence-electron chi connectivity index (χ2n) is 6.54. The van der Waals surface area contributed by atoms with Crippen molar-refractivity contribution in [3.8, 4) is 11.1 Å². The maximum Gasteiger partial charge on any atom is 0.256 e. The van der Waals surface area contributed by atoms with Gasteiger partial charge in [0.1, 0.15) is 5.82 Å². The molecule has 5 heteroatoms. The number of benzene rings is 2. The van der Waals surface area contributed by atoms with E-state index < -0.39 is 0 Å². The van der Waals surface area contributed by atoms with Crippen molar-refractivity contribution < 1.29 is 4.79 Å². The fourth-order valence-electron chi connectivity index (χ4n) is 3.08. The van der Waals surface area contributed by atoms with Gasteiger partial charge < -0.3 is 5.32 Å². The molecule has 0 atom stereocenters. The molecule has 0 saturated carbocycles. The molecule has 1 N–H and O–H groups in total. The Labute approximate surface area is 157 Å². The lowest BCUT2D eigenvalue weighted by atomic mass is 10.0. The summed E-state index contributed by atoms with van der Waals surface area (Å²) in [7, 11) is 1.90. The molecule has 0 saturated heterocycles. The summed E-state index contributed by atoms with van der Waals surface area (Å²) in [5.41, 5.74) is 3.91. The molecule has 0 radical (unpaired) electrons. The minimum absolute atomic E-state index is 0.152. The van der Waals surface area contributed by atoms with Crippen molar-refractivity contribution in [3.05, 3.63) is 78.2 Å². The first-order valence-electron chi connectivity index (χ1n) is 8.91. The van der Waals surface area contributed by atoms with Gasteiger partial charge in [-0.3, -0.25) is 9.48 Å². The monoisotopic (exact) mass is 356 g/mol. The number of nitrogens with zero attached hydrogens (tertiary/aromatic N) is 3. The molecule has 2 aromatic heterocycles. The summed E-state index contributed by atoms with van der Waals surface area (Å²) in [6, 6.07) is 15.7. The van der Waals surface area contributed by atoms with Crippen molar-refractivity contribution >= 4 is 22.5 Å². The van der Waals surface area contributed by atoms with E-state index in [1.807, 2.05) is 55.8 Å². The van der Waals surface area contributed by atoms with E-state index in [2.05, 4.69) is 34.5 Å². The highest BCUT2D eigenvalue weighted by atomic mass is 16.1. The normalized spacial score (nSPS) is 10.9. The molecular formula is C22H20N4O. The van der Waals surface area contributed by atoms with Crippen LogP contribution in [0.25, 0.3) is 21.9 Å². The Morgan fingerprint density at radius 2 is 1.93 bits per heavy atom. The number of carbonyl (C=O) groups is 1. The van der Waals surface area contributed by atoms with E-state index in [9.17, 15) is 4.79 Å². The third-order valence-corrected chi connectivity index (χ3v) is 4.60. The first-order valence-corrected chi connectivity index (χ1v) is 8.91. The summed E-state index contributed by atoms with van der Waals surface area (Å²) in [6.45, 7) is 2.07. The Bertz CT molecular complexity index is 1130. The van der Waals surface area contributed by atoms with Gasteiger partial charge >= 0.3 is 0 Å². The number of hydrogen-bond acceptors (Lipinski definition) is 3. The molecule has 0 bridgehead atoms. The molecule has 2 aromatic carbocycles. The Hall–Kier alpha value is -3.47. The Morgan fingerprint density at radius 3 is 2.70 bits per heavy atom. The van der Waals surface area contributed by atoms with Gasteiger partial charge in [-0.15, -0.1) is 0 Å². The Kier molecular flexibility index (Phi) is 4.42. The third kappa shape index (κ3) is 3.58. The summed E-state index contributed by atoms with van der Waals surface area (Å²) in [5, 5.41) is 9.16. The highest BCUT2D eigenvalue weighted by Gasteiger charge is 2.09. The van der Waals surface area contributed by atoms with Gasteiger partial charge in [-0.2, -0.15) is 5.10 Å². The number of hydrogen-bond donors (Lipinski definition) is 1. The summed E-state index contributed by atoms with van der Waals surface area (Å²) in [4.78, 5) is 16.9. The molecule has 2 heterocycles. The molecule has 4 rings (SSSR count). The quantitative estimate of drug-likeness (QED) is 0.588. The highest BCUT2D eigenvalue weighted by molar-refractivity contribution is 6.04. The lowest BCUT2D eigenvalue weighted by Gasteiger charge is -2.08. The van der Waals surface area contributed by atoms with Crippen molar-refractivity contribution in [1.29, 1.82) is 0 Å². The van der Waals surface area contributed by atoms with Crippen molar-refractivity contribution in [1.82, 2.24) is 14.8 Å². The number of aryl methyl sites for hydroxylation is 2. The average Bonchev–Trinajstić information content (AvgIpc) is 3.14. The lowest BCUT2D eigenvalue weighted by molar-refractivity contribution is 0.102. The molecule has 27 heavy (non-hydrogen) atoms. The minimum Gasteiger partial charge on any atom is -0.307 e. The SMILES string of the molecule is CCc1cccc(C(=O)Nc2cc3cc(-c4cnn(C)c4)ccc3cn2)c1. The molecular weight excluding hydrogens is 336 g/mol. The lowest BCUT2D eigenvalue weighted by Crippen LogP contribution is -2.13. The molecule has 0 unspecified atom stereocenters. The number of nitrogens with one attached hydrogen (secondary N) is 1. The summed E-state index contributed by atoms with van der Waals surface area (Å²) in [6.07, 6.45) is 6.49. The van der Waals surface area contributed by atoms with Crippen LogP contribution in [0.4, 0.5) is 5.82 Å². The average molecular weight is 356 g/mol. The molecule has 134 valence electrons. The van der Waals surface area contributed by atoms with E-state index in [1.54, 1.807) is 10.9 Å². The van der Waals surface area contributed by atoms with E-state index >= 15 is 0 Å². The van der Waals surface area contributed by atoms with Crippen LogP contribution in [0.1, 0.15) is 22.8 Å². The number of anilines is 1. The van der Waals surface area contributed by atoms with Crippen LogP contribution in [-0.4, -0.2) is 20.7 Å². The molecule has 0 aliphatic rings. The summed E-state index contributed by atoms with van der Waals surface area (Å²) >= 11 is 0. The number of fused-ring (bicyclic) bond motifs is 1. The zero-order valence-corrected chi connectivity index (χ0v) is 15.3. The second-order valence-corrected chi connectivity index (χ2v) is 6.54. The van der Waals surface area contributed by atoms with Crippen LogP contribution in [0.3, 0.4) is 0 Å². The van der Waals surface area contributed by atoms with Gasteiger partial charge in [0.2, 0.25) is 0 Å². The smallest absolute Gasteiger partial charge is 0.256 e. The van der Waals surface area contributed by atoms with Gasteiger partial charge in [0.15, 0.2) is 0 Å². The van der Waals surface area contributed by atoms with Gasteiger partial charge in [0, 0.05) is 36.0 Å². The number of carbonyl (C=O) groups excluding carboxylic acids is 1. The number of amides is 1. The third-order valence-electron chi connectivity index (χ3n) is 4.60. The van der Waals surface area contributed by atoms with E-state index in [-0.39, 0.29) is 5.91 Å². The van der Waals surface area contributed by atoms with Gasteiger partial charge in [-0.1, -0.05) is 31.2 Å². The molecule has 0 aliphatic heterocycles.